The molecule has 4 heteroatoms. The second-order valence-corrected chi connectivity index (χ2v) is 4.04. The Morgan fingerprint density at radius 3 is 2.71 bits per heavy atom. The van der Waals surface area contributed by atoms with Crippen molar-refractivity contribution in [2.24, 2.45) is 0 Å². The summed E-state index contributed by atoms with van der Waals surface area (Å²) >= 11 is 1.48. The maximum atomic E-state index is 5.79. The lowest BCUT2D eigenvalue weighted by Crippen LogP contribution is -1.92. The summed E-state index contributed by atoms with van der Waals surface area (Å²) in [4.78, 5) is 5.21. The lowest BCUT2D eigenvalue weighted by molar-refractivity contribution is 1.29. The highest BCUT2D eigenvalue weighted by molar-refractivity contribution is 7.09. The number of nitrogens with two attached hydrogens (primary N) is 1. The fourth-order valence-electron chi connectivity index (χ4n) is 1.28. The molecule has 0 radical (unpaired) electrons. The smallest absolute Gasteiger partial charge is 0.0571 e. The van der Waals surface area contributed by atoms with Crippen molar-refractivity contribution in [1.29, 1.82) is 0 Å². The van der Waals surface area contributed by atoms with Crippen molar-refractivity contribution in [3.05, 3.63) is 29.7 Å². The number of rotatable bonds is 1. The van der Waals surface area contributed by atoms with Crippen LogP contribution < -0.4 is 5.73 Å². The van der Waals surface area contributed by atoms with E-state index in [1.54, 1.807) is 6.20 Å². The maximum Gasteiger partial charge on any atom is 0.0571 e. The Morgan fingerprint density at radius 2 is 2.07 bits per heavy atom. The molecule has 0 unspecified atom stereocenters. The minimum Gasteiger partial charge on any atom is -0.397 e. The predicted octanol–water partition coefficient (Wildman–Crippen LogP) is 2.40. The first-order chi connectivity index (χ1) is 6.68. The van der Waals surface area contributed by atoms with Crippen molar-refractivity contribution in [3.63, 3.8) is 0 Å². The summed E-state index contributed by atoms with van der Waals surface area (Å²) in [6.07, 6.45) is 3.51. The lowest BCUT2D eigenvalue weighted by atomic mass is 10.1. The summed E-state index contributed by atoms with van der Waals surface area (Å²) in [6.45, 7) is 3.98. The van der Waals surface area contributed by atoms with Gasteiger partial charge in [-0.25, -0.2) is 0 Å². The van der Waals surface area contributed by atoms with Crippen LogP contribution >= 0.6 is 11.5 Å². The van der Waals surface area contributed by atoms with Crippen LogP contribution in [0.15, 0.2) is 18.5 Å². The van der Waals surface area contributed by atoms with Crippen LogP contribution in [0.4, 0.5) is 5.69 Å². The molecule has 2 heterocycles. The Hall–Kier alpha value is -1.42. The van der Waals surface area contributed by atoms with Gasteiger partial charge in [-0.3, -0.25) is 4.98 Å². The Kier molecular flexibility index (Phi) is 2.21. The first-order valence-corrected chi connectivity index (χ1v) is 5.09. The minimum absolute atomic E-state index is 0.730. The Bertz CT molecular complexity index is 462. The molecule has 0 aliphatic rings. The molecule has 2 N–H and O–H groups in total. The lowest BCUT2D eigenvalue weighted by Gasteiger charge is -2.03. The Balaban J connectivity index is 2.57. The number of aryl methyl sites for hydroxylation is 1. The molecule has 0 aromatic carbocycles. The number of pyridine rings is 1. The van der Waals surface area contributed by atoms with E-state index in [9.17, 15) is 0 Å². The van der Waals surface area contributed by atoms with Crippen molar-refractivity contribution in [1.82, 2.24) is 9.36 Å². The molecule has 0 spiro atoms. The van der Waals surface area contributed by atoms with Crippen LogP contribution in [-0.2, 0) is 0 Å². The quantitative estimate of drug-likeness (QED) is 0.777. The first kappa shape index (κ1) is 9.15. The summed E-state index contributed by atoms with van der Waals surface area (Å²) in [7, 11) is 0. The standard InChI is InChI=1S/C10H11N3S/c1-6-3-10(14-13-6)8-4-12-5-9(11)7(8)2/h3-5H,11H2,1-2H3. The summed E-state index contributed by atoms with van der Waals surface area (Å²) in [5.74, 6) is 0. The van der Waals surface area contributed by atoms with E-state index in [0.717, 1.165) is 27.4 Å². The van der Waals surface area contributed by atoms with Crippen molar-refractivity contribution in [2.75, 3.05) is 5.73 Å². The molecule has 72 valence electrons. The molecule has 14 heavy (non-hydrogen) atoms. The zero-order valence-corrected chi connectivity index (χ0v) is 8.93. The van der Waals surface area contributed by atoms with Gasteiger partial charge < -0.3 is 5.73 Å². The highest BCUT2D eigenvalue weighted by atomic mass is 32.1. The monoisotopic (exact) mass is 205 g/mol. The highest BCUT2D eigenvalue weighted by Crippen LogP contribution is 2.29. The van der Waals surface area contributed by atoms with Gasteiger partial charge in [-0.2, -0.15) is 4.37 Å². The average Bonchev–Trinajstić information content (AvgIpc) is 2.57. The van der Waals surface area contributed by atoms with Gasteiger partial charge in [0, 0.05) is 11.8 Å². The molecule has 0 fully saturated rings. The van der Waals surface area contributed by atoms with Gasteiger partial charge in [-0.05, 0) is 37.0 Å². The van der Waals surface area contributed by atoms with Crippen molar-refractivity contribution >= 4 is 17.2 Å². The molecule has 0 saturated heterocycles. The van der Waals surface area contributed by atoms with Crippen LogP contribution in [0.5, 0.6) is 0 Å². The normalized spacial score (nSPS) is 10.4. The second kappa shape index (κ2) is 3.38. The van der Waals surface area contributed by atoms with Gasteiger partial charge in [0.2, 0.25) is 0 Å². The molecule has 3 nitrogen and oxygen atoms in total. The summed E-state index contributed by atoms with van der Waals surface area (Å²) in [5, 5.41) is 0. The largest absolute Gasteiger partial charge is 0.397 e. The third kappa shape index (κ3) is 1.48. The van der Waals surface area contributed by atoms with Crippen LogP contribution in [0.3, 0.4) is 0 Å². The van der Waals surface area contributed by atoms with Gasteiger partial charge in [0.1, 0.15) is 0 Å². The van der Waals surface area contributed by atoms with E-state index in [1.807, 2.05) is 26.1 Å². The first-order valence-electron chi connectivity index (χ1n) is 4.32. The molecular weight excluding hydrogens is 194 g/mol. The van der Waals surface area contributed by atoms with Gasteiger partial charge in [-0.15, -0.1) is 0 Å². The summed E-state index contributed by atoms with van der Waals surface area (Å²) in [5.41, 5.74) is 9.70. The molecule has 0 amide bonds. The number of hydrogen-bond acceptors (Lipinski definition) is 4. The van der Waals surface area contributed by atoms with Crippen LogP contribution in [0.2, 0.25) is 0 Å². The van der Waals surface area contributed by atoms with Crippen LogP contribution in [0, 0.1) is 13.8 Å². The second-order valence-electron chi connectivity index (χ2n) is 3.23. The minimum atomic E-state index is 0.730. The maximum absolute atomic E-state index is 5.79. The van der Waals surface area contributed by atoms with E-state index in [4.69, 9.17) is 5.73 Å². The third-order valence-electron chi connectivity index (χ3n) is 2.15. The van der Waals surface area contributed by atoms with E-state index in [1.165, 1.54) is 11.5 Å². The SMILES string of the molecule is Cc1cc(-c2cncc(N)c2C)sn1. The van der Waals surface area contributed by atoms with Crippen molar-refractivity contribution in [2.45, 2.75) is 13.8 Å². The fourth-order valence-corrected chi connectivity index (χ4v) is 2.10. The van der Waals surface area contributed by atoms with E-state index < -0.39 is 0 Å². The molecule has 0 aliphatic heterocycles. The van der Waals surface area contributed by atoms with Gasteiger partial charge in [0.05, 0.1) is 22.5 Å². The Morgan fingerprint density at radius 1 is 1.29 bits per heavy atom. The Labute approximate surface area is 86.8 Å². The van der Waals surface area contributed by atoms with E-state index in [-0.39, 0.29) is 0 Å². The van der Waals surface area contributed by atoms with Crippen LogP contribution in [0.25, 0.3) is 10.4 Å². The fraction of sp³-hybridized carbons (Fsp3) is 0.200. The summed E-state index contributed by atoms with van der Waals surface area (Å²) in [6, 6.07) is 2.05. The van der Waals surface area contributed by atoms with E-state index >= 15 is 0 Å². The number of nitrogen functional groups attached to an aromatic ring is 1. The van der Waals surface area contributed by atoms with Gasteiger partial charge in [0.25, 0.3) is 0 Å². The number of anilines is 1. The molecule has 0 bridgehead atoms. The average molecular weight is 205 g/mol. The van der Waals surface area contributed by atoms with E-state index in [0.29, 0.717) is 0 Å². The number of nitrogens with zero attached hydrogens (tertiary/aromatic N) is 2. The molecule has 2 aromatic rings. The highest BCUT2D eigenvalue weighted by Gasteiger charge is 2.07. The zero-order chi connectivity index (χ0) is 10.1. The number of aromatic nitrogens is 2. The van der Waals surface area contributed by atoms with Gasteiger partial charge >= 0.3 is 0 Å². The molecule has 0 atom stereocenters. The summed E-state index contributed by atoms with van der Waals surface area (Å²) < 4.78 is 4.24. The predicted molar refractivity (Wildman–Crippen MR) is 59.2 cm³/mol. The topological polar surface area (TPSA) is 51.8 Å². The van der Waals surface area contributed by atoms with Crippen LogP contribution in [0.1, 0.15) is 11.3 Å². The molecule has 0 saturated carbocycles. The van der Waals surface area contributed by atoms with Gasteiger partial charge in [0.15, 0.2) is 0 Å². The van der Waals surface area contributed by atoms with Crippen LogP contribution in [-0.4, -0.2) is 9.36 Å². The molecule has 2 rings (SSSR count). The molecule has 2 aromatic heterocycles. The zero-order valence-electron chi connectivity index (χ0n) is 8.11. The van der Waals surface area contributed by atoms with E-state index in [2.05, 4.69) is 9.36 Å². The molecule has 0 aliphatic carbocycles. The number of hydrogen-bond donors (Lipinski definition) is 1. The third-order valence-corrected chi connectivity index (χ3v) is 3.06. The van der Waals surface area contributed by atoms with Crippen molar-refractivity contribution in [3.8, 4) is 10.4 Å². The van der Waals surface area contributed by atoms with Gasteiger partial charge in [-0.1, -0.05) is 0 Å². The van der Waals surface area contributed by atoms with Crippen molar-refractivity contribution < 1.29 is 0 Å². The molecular formula is C10H11N3S.